The summed E-state index contributed by atoms with van der Waals surface area (Å²) in [5.41, 5.74) is 1.22. The molecule has 70 valence electrons. The van der Waals surface area contributed by atoms with Crippen LogP contribution in [-0.2, 0) is 6.61 Å². The van der Waals surface area contributed by atoms with Gasteiger partial charge < -0.3 is 9.84 Å². The number of aliphatic hydroxyl groups excluding tert-OH is 1. The minimum absolute atomic E-state index is 0.0163. The van der Waals surface area contributed by atoms with Crippen molar-refractivity contribution in [3.8, 4) is 5.75 Å². The van der Waals surface area contributed by atoms with Crippen molar-refractivity contribution in [3.05, 3.63) is 29.3 Å². The third kappa shape index (κ3) is 2.06. The molecule has 0 radical (unpaired) electrons. The van der Waals surface area contributed by atoms with E-state index < -0.39 is 0 Å². The molecule has 1 aromatic carbocycles. The Bertz CT molecular complexity index is 318. The molecule has 0 heterocycles. The molecule has 1 aromatic rings. The van der Waals surface area contributed by atoms with Crippen LogP contribution in [0.1, 0.15) is 22.8 Å². The second kappa shape index (κ2) is 4.05. The van der Waals surface area contributed by atoms with Crippen LogP contribution >= 0.6 is 0 Å². The Kier molecular flexibility index (Phi) is 3.03. The molecule has 0 atom stereocenters. The average Bonchev–Trinajstić information content (AvgIpc) is 2.16. The third-order valence-corrected chi connectivity index (χ3v) is 1.86. The molecule has 0 saturated carbocycles. The van der Waals surface area contributed by atoms with Crippen molar-refractivity contribution >= 4 is 5.78 Å². The number of ether oxygens (including phenoxy) is 1. The highest BCUT2D eigenvalue weighted by molar-refractivity contribution is 5.94. The fourth-order valence-electron chi connectivity index (χ4n) is 1.12. The summed E-state index contributed by atoms with van der Waals surface area (Å²) in [6.07, 6.45) is 0. The molecule has 0 unspecified atom stereocenters. The third-order valence-electron chi connectivity index (χ3n) is 1.86. The van der Waals surface area contributed by atoms with Gasteiger partial charge in [-0.1, -0.05) is 0 Å². The van der Waals surface area contributed by atoms with Crippen molar-refractivity contribution < 1.29 is 14.6 Å². The van der Waals surface area contributed by atoms with Crippen LogP contribution in [-0.4, -0.2) is 18.0 Å². The zero-order valence-electron chi connectivity index (χ0n) is 7.70. The summed E-state index contributed by atoms with van der Waals surface area (Å²) in [4.78, 5) is 11.0. The average molecular weight is 180 g/mol. The molecule has 1 rings (SSSR count). The molecule has 3 nitrogen and oxygen atoms in total. The van der Waals surface area contributed by atoms with E-state index in [1.54, 1.807) is 18.2 Å². The summed E-state index contributed by atoms with van der Waals surface area (Å²) in [6, 6.07) is 5.00. The van der Waals surface area contributed by atoms with Crippen molar-refractivity contribution in [2.45, 2.75) is 13.5 Å². The van der Waals surface area contributed by atoms with Crippen LogP contribution in [0.25, 0.3) is 0 Å². The van der Waals surface area contributed by atoms with Gasteiger partial charge >= 0.3 is 0 Å². The first-order chi connectivity index (χ1) is 6.19. The molecule has 0 spiro atoms. The molecule has 0 aromatic heterocycles. The minimum atomic E-state index is -0.121. The topological polar surface area (TPSA) is 46.5 Å². The first kappa shape index (κ1) is 9.74. The van der Waals surface area contributed by atoms with Crippen LogP contribution in [0.3, 0.4) is 0 Å². The number of Topliss-reactive ketones (excluding diaryl/α,β-unsaturated/α-hetero) is 1. The number of hydrogen-bond donors (Lipinski definition) is 1. The zero-order valence-corrected chi connectivity index (χ0v) is 7.70. The Morgan fingerprint density at radius 1 is 1.54 bits per heavy atom. The molecule has 13 heavy (non-hydrogen) atoms. The summed E-state index contributed by atoms with van der Waals surface area (Å²) in [5, 5.41) is 8.96. The fourth-order valence-corrected chi connectivity index (χ4v) is 1.12. The quantitative estimate of drug-likeness (QED) is 0.715. The Morgan fingerprint density at radius 3 is 2.69 bits per heavy atom. The lowest BCUT2D eigenvalue weighted by Gasteiger charge is -2.06. The van der Waals surface area contributed by atoms with Gasteiger partial charge in [-0.2, -0.15) is 0 Å². The largest absolute Gasteiger partial charge is 0.496 e. The molecule has 0 fully saturated rings. The maximum Gasteiger partial charge on any atom is 0.159 e. The molecule has 1 N–H and O–H groups in total. The number of carbonyl (C=O) groups excluding carboxylic acids is 1. The van der Waals surface area contributed by atoms with Crippen molar-refractivity contribution in [2.24, 2.45) is 0 Å². The van der Waals surface area contributed by atoms with Gasteiger partial charge in [0.1, 0.15) is 5.75 Å². The fraction of sp³-hybridized carbons (Fsp3) is 0.300. The van der Waals surface area contributed by atoms with Gasteiger partial charge in [0.2, 0.25) is 0 Å². The Hall–Kier alpha value is -1.35. The molecule has 0 aliphatic rings. The van der Waals surface area contributed by atoms with E-state index in [2.05, 4.69) is 0 Å². The lowest BCUT2D eigenvalue weighted by Crippen LogP contribution is -1.97. The summed E-state index contributed by atoms with van der Waals surface area (Å²) >= 11 is 0. The van der Waals surface area contributed by atoms with E-state index in [1.165, 1.54) is 14.0 Å². The van der Waals surface area contributed by atoms with Gasteiger partial charge in [0.05, 0.1) is 13.7 Å². The Morgan fingerprint density at radius 2 is 2.23 bits per heavy atom. The predicted octanol–water partition coefficient (Wildman–Crippen LogP) is 1.39. The predicted molar refractivity (Wildman–Crippen MR) is 48.9 cm³/mol. The van der Waals surface area contributed by atoms with Crippen LogP contribution < -0.4 is 4.74 Å². The lowest BCUT2D eigenvalue weighted by atomic mass is 10.1. The molecular weight excluding hydrogens is 168 g/mol. The van der Waals surface area contributed by atoms with Gasteiger partial charge in [0, 0.05) is 11.1 Å². The molecular formula is C10H12O3. The number of benzene rings is 1. The van der Waals surface area contributed by atoms with E-state index >= 15 is 0 Å². The SMILES string of the molecule is COc1ccc(C(C)=O)cc1CO. The summed E-state index contributed by atoms with van der Waals surface area (Å²) in [6.45, 7) is 1.37. The summed E-state index contributed by atoms with van der Waals surface area (Å²) in [5.74, 6) is 0.588. The monoisotopic (exact) mass is 180 g/mol. The van der Waals surface area contributed by atoms with Gasteiger partial charge in [-0.15, -0.1) is 0 Å². The molecule has 3 heteroatoms. The van der Waals surface area contributed by atoms with Crippen LogP contribution in [0, 0.1) is 0 Å². The number of methoxy groups -OCH3 is 1. The van der Waals surface area contributed by atoms with E-state index in [0.717, 1.165) is 0 Å². The summed E-state index contributed by atoms with van der Waals surface area (Å²) < 4.78 is 5.00. The highest BCUT2D eigenvalue weighted by Gasteiger charge is 2.05. The van der Waals surface area contributed by atoms with Gasteiger partial charge in [-0.25, -0.2) is 0 Å². The maximum atomic E-state index is 11.0. The van der Waals surface area contributed by atoms with Crippen molar-refractivity contribution in [3.63, 3.8) is 0 Å². The first-order valence-electron chi connectivity index (χ1n) is 3.97. The van der Waals surface area contributed by atoms with Crippen molar-refractivity contribution in [2.75, 3.05) is 7.11 Å². The van der Waals surface area contributed by atoms with Crippen LogP contribution in [0.5, 0.6) is 5.75 Å². The zero-order chi connectivity index (χ0) is 9.84. The molecule has 0 amide bonds. The molecule has 0 saturated heterocycles. The number of carbonyl (C=O) groups is 1. The minimum Gasteiger partial charge on any atom is -0.496 e. The molecule has 0 aliphatic heterocycles. The highest BCUT2D eigenvalue weighted by atomic mass is 16.5. The Balaban J connectivity index is 3.13. The molecule has 0 bridgehead atoms. The number of aliphatic hydroxyl groups is 1. The summed E-state index contributed by atoms with van der Waals surface area (Å²) in [7, 11) is 1.53. The van der Waals surface area contributed by atoms with E-state index in [9.17, 15) is 4.79 Å². The van der Waals surface area contributed by atoms with E-state index in [4.69, 9.17) is 9.84 Å². The van der Waals surface area contributed by atoms with Crippen LogP contribution in [0.15, 0.2) is 18.2 Å². The van der Waals surface area contributed by atoms with E-state index in [1.807, 2.05) is 0 Å². The van der Waals surface area contributed by atoms with Gasteiger partial charge in [0.25, 0.3) is 0 Å². The number of ketones is 1. The van der Waals surface area contributed by atoms with Crippen molar-refractivity contribution in [1.82, 2.24) is 0 Å². The number of hydrogen-bond acceptors (Lipinski definition) is 3. The second-order valence-electron chi connectivity index (χ2n) is 2.74. The lowest BCUT2D eigenvalue weighted by molar-refractivity contribution is 0.101. The van der Waals surface area contributed by atoms with E-state index in [0.29, 0.717) is 16.9 Å². The van der Waals surface area contributed by atoms with Crippen LogP contribution in [0.2, 0.25) is 0 Å². The van der Waals surface area contributed by atoms with Gasteiger partial charge in [-0.3, -0.25) is 4.79 Å². The molecule has 0 aliphatic carbocycles. The smallest absolute Gasteiger partial charge is 0.159 e. The van der Waals surface area contributed by atoms with Crippen molar-refractivity contribution in [1.29, 1.82) is 0 Å². The first-order valence-corrected chi connectivity index (χ1v) is 3.97. The standard InChI is InChI=1S/C10H12O3/c1-7(12)8-3-4-10(13-2)9(5-8)6-11/h3-5,11H,6H2,1-2H3. The second-order valence-corrected chi connectivity index (χ2v) is 2.74. The van der Waals surface area contributed by atoms with Crippen LogP contribution in [0.4, 0.5) is 0 Å². The Labute approximate surface area is 77.0 Å². The van der Waals surface area contributed by atoms with Gasteiger partial charge in [0.15, 0.2) is 5.78 Å². The van der Waals surface area contributed by atoms with E-state index in [-0.39, 0.29) is 12.4 Å². The van der Waals surface area contributed by atoms with Gasteiger partial charge in [-0.05, 0) is 25.1 Å². The highest BCUT2D eigenvalue weighted by Crippen LogP contribution is 2.19. The number of rotatable bonds is 3. The maximum absolute atomic E-state index is 11.0. The normalized spacial score (nSPS) is 9.77.